The van der Waals surface area contributed by atoms with Gasteiger partial charge in [-0.1, -0.05) is 11.6 Å². The zero-order valence-electron chi connectivity index (χ0n) is 17.1. The van der Waals surface area contributed by atoms with Gasteiger partial charge >= 0.3 is 6.18 Å². The number of rotatable bonds is 8. The number of hydrogen-bond donors (Lipinski definition) is 2. The quantitative estimate of drug-likeness (QED) is 0.488. The largest absolute Gasteiger partial charge is 0.423 e. The topological polar surface area (TPSA) is 135 Å². The monoisotopic (exact) mass is 486 g/mol. The molecule has 3 aromatic rings. The van der Waals surface area contributed by atoms with E-state index in [4.69, 9.17) is 20.8 Å². The predicted molar refractivity (Wildman–Crippen MR) is 109 cm³/mol. The van der Waals surface area contributed by atoms with Crippen molar-refractivity contribution in [2.24, 2.45) is 0 Å². The average Bonchev–Trinajstić information content (AvgIpc) is 3.15. The first-order valence-corrected chi connectivity index (χ1v) is 10.1. The number of aromatic nitrogens is 6. The standard InChI is InChI=1S/C18H18ClF3N8O3/c1-9(26-12-4-25-28-15(31)14(12)18(20,21)22)7-32-8-13-27-29-16(33-13)10-5-30(6-10)17-23-2-11(19)3-24-17/h2-4,9-10H,5-8H2,1H3,(H2,26,28,31). The SMILES string of the molecule is CC(COCc1nnc(C2CN(c3ncc(Cl)cn3)C2)o1)Nc1cn[nH]c(=O)c1C(F)(F)F. The lowest BCUT2D eigenvalue weighted by Gasteiger charge is -2.36. The van der Waals surface area contributed by atoms with Crippen LogP contribution in [0.1, 0.15) is 30.2 Å². The van der Waals surface area contributed by atoms with Crippen LogP contribution in [0.25, 0.3) is 0 Å². The van der Waals surface area contributed by atoms with Crippen molar-refractivity contribution in [3.8, 4) is 0 Å². The molecular formula is C18H18ClF3N8O3. The number of hydrogen-bond acceptors (Lipinski definition) is 10. The van der Waals surface area contributed by atoms with Gasteiger partial charge in [-0.3, -0.25) is 4.79 Å². The van der Waals surface area contributed by atoms with Crippen molar-refractivity contribution in [3.05, 3.63) is 51.3 Å². The predicted octanol–water partition coefficient (Wildman–Crippen LogP) is 2.24. The molecule has 0 aromatic carbocycles. The summed E-state index contributed by atoms with van der Waals surface area (Å²) in [4.78, 5) is 21.8. The second kappa shape index (κ2) is 9.31. The van der Waals surface area contributed by atoms with E-state index in [1.807, 2.05) is 4.90 Å². The van der Waals surface area contributed by atoms with E-state index in [0.717, 1.165) is 6.20 Å². The third kappa shape index (κ3) is 5.39. The van der Waals surface area contributed by atoms with E-state index < -0.39 is 29.0 Å². The first-order valence-electron chi connectivity index (χ1n) is 9.74. The van der Waals surface area contributed by atoms with Crippen LogP contribution in [0.2, 0.25) is 5.02 Å². The van der Waals surface area contributed by atoms with E-state index in [2.05, 4.69) is 30.6 Å². The summed E-state index contributed by atoms with van der Waals surface area (Å²) in [6, 6.07) is -0.559. The highest BCUT2D eigenvalue weighted by molar-refractivity contribution is 6.30. The molecule has 0 amide bonds. The van der Waals surface area contributed by atoms with Crippen molar-refractivity contribution in [2.45, 2.75) is 31.7 Å². The third-order valence-electron chi connectivity index (χ3n) is 4.74. The summed E-state index contributed by atoms with van der Waals surface area (Å²) in [5, 5.41) is 16.2. The molecule has 0 radical (unpaired) electrons. The maximum Gasteiger partial charge on any atom is 0.423 e. The summed E-state index contributed by atoms with van der Waals surface area (Å²) >= 11 is 5.78. The Morgan fingerprint density at radius 2 is 2.03 bits per heavy atom. The Kier molecular flexibility index (Phi) is 6.47. The molecule has 0 bridgehead atoms. The lowest BCUT2D eigenvalue weighted by atomic mass is 10.0. The van der Waals surface area contributed by atoms with Crippen molar-refractivity contribution in [3.63, 3.8) is 0 Å². The fourth-order valence-electron chi connectivity index (χ4n) is 3.18. The zero-order chi connectivity index (χ0) is 23.6. The van der Waals surface area contributed by atoms with Crippen LogP contribution in [-0.4, -0.2) is 56.1 Å². The first kappa shape index (κ1) is 22.9. The molecule has 176 valence electrons. The van der Waals surface area contributed by atoms with E-state index in [1.54, 1.807) is 12.0 Å². The van der Waals surface area contributed by atoms with Crippen LogP contribution >= 0.6 is 11.6 Å². The number of nitrogens with one attached hydrogen (secondary N) is 2. The maximum absolute atomic E-state index is 13.1. The molecule has 33 heavy (non-hydrogen) atoms. The Balaban J connectivity index is 1.25. The van der Waals surface area contributed by atoms with Gasteiger partial charge in [0.05, 0.1) is 41.8 Å². The Labute approximate surface area is 189 Å². The molecule has 1 aliphatic heterocycles. The highest BCUT2D eigenvalue weighted by Crippen LogP contribution is 2.32. The van der Waals surface area contributed by atoms with Crippen LogP contribution < -0.4 is 15.8 Å². The number of anilines is 2. The number of alkyl halides is 3. The van der Waals surface area contributed by atoms with Crippen LogP contribution in [0, 0.1) is 0 Å². The molecule has 1 atom stereocenters. The fourth-order valence-corrected chi connectivity index (χ4v) is 3.27. The van der Waals surface area contributed by atoms with Crippen LogP contribution in [0.4, 0.5) is 24.8 Å². The average molecular weight is 487 g/mol. The van der Waals surface area contributed by atoms with Crippen molar-refractivity contribution in [1.29, 1.82) is 0 Å². The van der Waals surface area contributed by atoms with Crippen LogP contribution in [0.3, 0.4) is 0 Å². The van der Waals surface area contributed by atoms with Gasteiger partial charge in [0.1, 0.15) is 12.2 Å². The molecule has 0 saturated carbocycles. The second-order valence-corrected chi connectivity index (χ2v) is 7.82. The molecule has 11 nitrogen and oxygen atoms in total. The lowest BCUT2D eigenvalue weighted by Crippen LogP contribution is -2.46. The van der Waals surface area contributed by atoms with Gasteiger partial charge in [-0.05, 0) is 6.92 Å². The third-order valence-corrected chi connectivity index (χ3v) is 4.93. The summed E-state index contributed by atoms with van der Waals surface area (Å²) < 4.78 is 50.4. The molecule has 2 N–H and O–H groups in total. The number of aromatic amines is 1. The molecule has 1 fully saturated rings. The molecule has 4 heterocycles. The highest BCUT2D eigenvalue weighted by Gasteiger charge is 2.37. The van der Waals surface area contributed by atoms with Crippen molar-refractivity contribution >= 4 is 23.2 Å². The van der Waals surface area contributed by atoms with Gasteiger partial charge in [0.25, 0.3) is 5.56 Å². The summed E-state index contributed by atoms with van der Waals surface area (Å²) in [7, 11) is 0. The minimum absolute atomic E-state index is 0.0184. The van der Waals surface area contributed by atoms with Crippen molar-refractivity contribution in [1.82, 2.24) is 30.4 Å². The minimum atomic E-state index is -4.82. The van der Waals surface area contributed by atoms with E-state index >= 15 is 0 Å². The Hall–Kier alpha value is -3.26. The zero-order valence-corrected chi connectivity index (χ0v) is 17.9. The molecule has 1 saturated heterocycles. The van der Waals surface area contributed by atoms with Crippen LogP contribution in [0.5, 0.6) is 0 Å². The Morgan fingerprint density at radius 3 is 2.73 bits per heavy atom. The van der Waals surface area contributed by atoms with E-state index in [1.165, 1.54) is 12.4 Å². The Bertz CT molecular complexity index is 1150. The summed E-state index contributed by atoms with van der Waals surface area (Å²) in [6.07, 6.45) is -0.880. The van der Waals surface area contributed by atoms with Gasteiger partial charge in [-0.25, -0.2) is 15.1 Å². The maximum atomic E-state index is 13.1. The molecular weight excluding hydrogens is 469 g/mol. The van der Waals surface area contributed by atoms with Crippen molar-refractivity contribution < 1.29 is 22.3 Å². The van der Waals surface area contributed by atoms with Gasteiger partial charge in [0.2, 0.25) is 17.7 Å². The Morgan fingerprint density at radius 1 is 1.30 bits per heavy atom. The molecule has 3 aromatic heterocycles. The van der Waals surface area contributed by atoms with Crippen molar-refractivity contribution in [2.75, 3.05) is 29.9 Å². The van der Waals surface area contributed by atoms with Crippen LogP contribution in [0.15, 0.2) is 27.8 Å². The molecule has 1 aliphatic rings. The molecule has 1 unspecified atom stereocenters. The molecule has 4 rings (SSSR count). The summed E-state index contributed by atoms with van der Waals surface area (Å²) in [5.41, 5.74) is -3.10. The molecule has 0 spiro atoms. The second-order valence-electron chi connectivity index (χ2n) is 7.38. The van der Waals surface area contributed by atoms with Gasteiger partial charge in [-0.2, -0.15) is 18.3 Å². The number of ether oxygens (including phenoxy) is 1. The highest BCUT2D eigenvalue weighted by atomic mass is 35.5. The fraction of sp³-hybridized carbons (Fsp3) is 0.444. The van der Waals surface area contributed by atoms with Crippen LogP contribution in [-0.2, 0) is 17.5 Å². The molecule has 0 aliphatic carbocycles. The van der Waals surface area contributed by atoms with Gasteiger partial charge in [-0.15, -0.1) is 10.2 Å². The lowest BCUT2D eigenvalue weighted by molar-refractivity contribution is -0.138. The van der Waals surface area contributed by atoms with Gasteiger partial charge in [0, 0.05) is 19.1 Å². The van der Waals surface area contributed by atoms with Gasteiger partial charge < -0.3 is 19.4 Å². The number of halogens is 4. The van der Waals surface area contributed by atoms with E-state index in [-0.39, 0.29) is 25.0 Å². The number of H-pyrrole nitrogens is 1. The molecule has 15 heteroatoms. The minimum Gasteiger partial charge on any atom is -0.422 e. The first-order chi connectivity index (χ1) is 15.7. The smallest absolute Gasteiger partial charge is 0.422 e. The number of nitrogens with zero attached hydrogens (tertiary/aromatic N) is 6. The van der Waals surface area contributed by atoms with Gasteiger partial charge in [0.15, 0.2) is 0 Å². The summed E-state index contributed by atoms with van der Waals surface area (Å²) in [5.74, 6) is 1.28. The van der Waals surface area contributed by atoms with E-state index in [9.17, 15) is 18.0 Å². The normalized spacial score (nSPS) is 15.4. The summed E-state index contributed by atoms with van der Waals surface area (Å²) in [6.45, 7) is 2.82. The van der Waals surface area contributed by atoms with E-state index in [0.29, 0.717) is 30.0 Å².